The average molecular weight is 376 g/mol. The molecule has 5 nitrogen and oxygen atoms in total. The molecule has 0 aliphatic carbocycles. The van der Waals surface area contributed by atoms with Gasteiger partial charge in [0.25, 0.3) is 5.91 Å². The lowest BCUT2D eigenvalue weighted by Crippen LogP contribution is -2.25. The van der Waals surface area contributed by atoms with Crippen LogP contribution in [0.3, 0.4) is 0 Å². The van der Waals surface area contributed by atoms with E-state index in [1.807, 2.05) is 49.4 Å². The Bertz CT molecular complexity index is 1170. The van der Waals surface area contributed by atoms with Gasteiger partial charge in [-0.1, -0.05) is 30.3 Å². The molecule has 136 valence electrons. The van der Waals surface area contributed by atoms with E-state index in [0.29, 0.717) is 23.5 Å². The monoisotopic (exact) mass is 376 g/mol. The van der Waals surface area contributed by atoms with Gasteiger partial charge in [0.2, 0.25) is 0 Å². The molecule has 4 rings (SSSR count). The molecule has 2 aromatic heterocycles. The lowest BCUT2D eigenvalue weighted by Gasteiger charge is -2.09. The van der Waals surface area contributed by atoms with Crippen molar-refractivity contribution in [3.05, 3.63) is 64.7 Å². The number of hydrogen-bond donors (Lipinski definition) is 3. The Hall–Kier alpha value is -3.12. The van der Waals surface area contributed by atoms with Crippen molar-refractivity contribution in [2.45, 2.75) is 13.3 Å². The molecule has 5 N–H and O–H groups in total. The molecule has 0 atom stereocenters. The number of hydrogen-bond acceptors (Lipinski definition) is 5. The Labute approximate surface area is 161 Å². The minimum atomic E-state index is -0.159. The smallest absolute Gasteiger partial charge is 0.263 e. The Morgan fingerprint density at radius 3 is 2.63 bits per heavy atom. The molecule has 4 aromatic rings. The number of pyridine rings is 1. The first kappa shape index (κ1) is 17.3. The second kappa shape index (κ2) is 6.89. The maximum absolute atomic E-state index is 12.6. The number of nitrogens with zero attached hydrogens (tertiary/aromatic N) is 1. The molecule has 0 radical (unpaired) electrons. The molecule has 27 heavy (non-hydrogen) atoms. The van der Waals surface area contributed by atoms with Gasteiger partial charge in [-0.05, 0) is 42.5 Å². The molecular formula is C21H20N4OS. The highest BCUT2D eigenvalue weighted by Gasteiger charge is 2.17. The molecule has 0 aliphatic heterocycles. The van der Waals surface area contributed by atoms with E-state index in [0.717, 1.165) is 37.9 Å². The zero-order chi connectivity index (χ0) is 19.0. The first-order chi connectivity index (χ1) is 13.0. The van der Waals surface area contributed by atoms with Crippen LogP contribution in [0.1, 0.15) is 20.9 Å². The van der Waals surface area contributed by atoms with E-state index < -0.39 is 0 Å². The molecule has 1 amide bonds. The van der Waals surface area contributed by atoms with Crippen LogP contribution in [0.2, 0.25) is 0 Å². The van der Waals surface area contributed by atoms with Crippen LogP contribution in [-0.2, 0) is 6.42 Å². The minimum absolute atomic E-state index is 0.159. The summed E-state index contributed by atoms with van der Waals surface area (Å²) < 4.78 is 0. The number of carbonyl (C=O) groups excluding carboxylic acids is 1. The lowest BCUT2D eigenvalue weighted by atomic mass is 10.0. The van der Waals surface area contributed by atoms with Crippen LogP contribution < -0.4 is 16.8 Å². The summed E-state index contributed by atoms with van der Waals surface area (Å²) in [6, 6.07) is 15.8. The van der Waals surface area contributed by atoms with Gasteiger partial charge in [0.05, 0.1) is 5.69 Å². The number of amides is 1. The normalized spacial score (nSPS) is 11.1. The first-order valence-electron chi connectivity index (χ1n) is 8.74. The second-order valence-electron chi connectivity index (χ2n) is 6.52. The highest BCUT2D eigenvalue weighted by atomic mass is 32.1. The minimum Gasteiger partial charge on any atom is -0.398 e. The first-order valence-corrected chi connectivity index (χ1v) is 9.56. The van der Waals surface area contributed by atoms with Gasteiger partial charge >= 0.3 is 0 Å². The van der Waals surface area contributed by atoms with Crippen molar-refractivity contribution < 1.29 is 4.79 Å². The molecule has 6 heteroatoms. The van der Waals surface area contributed by atoms with Gasteiger partial charge in [-0.15, -0.1) is 11.3 Å². The Morgan fingerprint density at radius 2 is 1.81 bits per heavy atom. The van der Waals surface area contributed by atoms with Gasteiger partial charge in [0.1, 0.15) is 9.71 Å². The fourth-order valence-electron chi connectivity index (χ4n) is 3.25. The summed E-state index contributed by atoms with van der Waals surface area (Å²) in [6.45, 7) is 2.44. The topological polar surface area (TPSA) is 94.0 Å². The number of aromatic nitrogens is 1. The number of anilines is 2. The predicted molar refractivity (Wildman–Crippen MR) is 113 cm³/mol. The van der Waals surface area contributed by atoms with Crippen molar-refractivity contribution in [3.63, 3.8) is 0 Å². The Morgan fingerprint density at radius 1 is 1.04 bits per heavy atom. The number of thiophene rings is 1. The van der Waals surface area contributed by atoms with Gasteiger partial charge in [-0.2, -0.15) is 0 Å². The fraction of sp³-hybridized carbons (Fsp3) is 0.143. The van der Waals surface area contributed by atoms with E-state index in [1.165, 1.54) is 11.3 Å². The third kappa shape index (κ3) is 3.19. The van der Waals surface area contributed by atoms with E-state index in [-0.39, 0.29) is 5.91 Å². The van der Waals surface area contributed by atoms with E-state index in [4.69, 9.17) is 11.5 Å². The van der Waals surface area contributed by atoms with Gasteiger partial charge in [-0.25, -0.2) is 4.98 Å². The van der Waals surface area contributed by atoms with Crippen molar-refractivity contribution in [2.24, 2.45) is 0 Å². The molecule has 0 saturated heterocycles. The Kier molecular flexibility index (Phi) is 4.41. The SMILES string of the molecule is Cc1ccc2c(N)c(C(=O)NCCc3ccc(N)c4ccccc34)sc2n1. The number of benzene rings is 2. The highest BCUT2D eigenvalue weighted by molar-refractivity contribution is 7.21. The summed E-state index contributed by atoms with van der Waals surface area (Å²) >= 11 is 1.33. The third-order valence-electron chi connectivity index (χ3n) is 4.67. The van der Waals surface area contributed by atoms with Crippen LogP contribution in [0.15, 0.2) is 48.5 Å². The largest absolute Gasteiger partial charge is 0.398 e. The molecule has 0 bridgehead atoms. The molecule has 0 aliphatic rings. The van der Waals surface area contributed by atoms with E-state index in [1.54, 1.807) is 0 Å². The van der Waals surface area contributed by atoms with Crippen LogP contribution >= 0.6 is 11.3 Å². The van der Waals surface area contributed by atoms with Crippen molar-refractivity contribution in [3.8, 4) is 0 Å². The Balaban J connectivity index is 1.51. The van der Waals surface area contributed by atoms with Crippen LogP contribution in [-0.4, -0.2) is 17.4 Å². The number of fused-ring (bicyclic) bond motifs is 2. The number of nitrogen functional groups attached to an aromatic ring is 2. The highest BCUT2D eigenvalue weighted by Crippen LogP contribution is 2.32. The molecule has 2 aromatic carbocycles. The summed E-state index contributed by atoms with van der Waals surface area (Å²) in [6.07, 6.45) is 0.717. The zero-order valence-electron chi connectivity index (χ0n) is 15.0. The zero-order valence-corrected chi connectivity index (χ0v) is 15.8. The molecule has 0 spiro atoms. The summed E-state index contributed by atoms with van der Waals surface area (Å²) in [5, 5.41) is 5.97. The van der Waals surface area contributed by atoms with Crippen molar-refractivity contribution >= 4 is 49.6 Å². The van der Waals surface area contributed by atoms with Gasteiger partial charge in [0.15, 0.2) is 0 Å². The van der Waals surface area contributed by atoms with Crippen molar-refractivity contribution in [2.75, 3.05) is 18.0 Å². The quantitative estimate of drug-likeness (QED) is 0.471. The number of aryl methyl sites for hydroxylation is 1. The van der Waals surface area contributed by atoms with E-state index in [2.05, 4.69) is 16.4 Å². The molecule has 0 unspecified atom stereocenters. The summed E-state index contributed by atoms with van der Waals surface area (Å²) in [4.78, 5) is 18.4. The summed E-state index contributed by atoms with van der Waals surface area (Å²) in [5.41, 5.74) is 15.5. The van der Waals surface area contributed by atoms with Gasteiger partial charge in [0, 0.05) is 28.7 Å². The number of nitrogens with one attached hydrogen (secondary N) is 1. The molecular weight excluding hydrogens is 356 g/mol. The van der Waals surface area contributed by atoms with E-state index in [9.17, 15) is 4.79 Å². The second-order valence-corrected chi connectivity index (χ2v) is 7.51. The molecule has 0 fully saturated rings. The van der Waals surface area contributed by atoms with Crippen LogP contribution in [0.4, 0.5) is 11.4 Å². The number of nitrogens with two attached hydrogens (primary N) is 2. The van der Waals surface area contributed by atoms with Gasteiger partial charge < -0.3 is 16.8 Å². The van der Waals surface area contributed by atoms with Crippen LogP contribution in [0.5, 0.6) is 0 Å². The third-order valence-corrected chi connectivity index (χ3v) is 5.78. The van der Waals surface area contributed by atoms with Crippen LogP contribution in [0.25, 0.3) is 21.0 Å². The summed E-state index contributed by atoms with van der Waals surface area (Å²) in [7, 11) is 0. The molecule has 2 heterocycles. The molecule has 0 saturated carbocycles. The predicted octanol–water partition coefficient (Wildman–Crippen LogP) is 3.89. The maximum Gasteiger partial charge on any atom is 0.263 e. The van der Waals surface area contributed by atoms with Gasteiger partial charge in [-0.3, -0.25) is 4.79 Å². The van der Waals surface area contributed by atoms with Crippen LogP contribution in [0, 0.1) is 6.92 Å². The van der Waals surface area contributed by atoms with E-state index >= 15 is 0 Å². The number of carbonyl (C=O) groups is 1. The maximum atomic E-state index is 12.6. The standard InChI is InChI=1S/C21H20N4OS/c1-12-6-8-16-18(23)19(27-21(16)25-12)20(26)24-11-10-13-7-9-17(22)15-5-3-2-4-14(13)15/h2-9H,10-11,22-23H2,1H3,(H,24,26). The summed E-state index contributed by atoms with van der Waals surface area (Å²) in [5.74, 6) is -0.159. The number of rotatable bonds is 4. The van der Waals surface area contributed by atoms with Crippen molar-refractivity contribution in [1.29, 1.82) is 0 Å². The fourth-order valence-corrected chi connectivity index (χ4v) is 4.31. The van der Waals surface area contributed by atoms with Crippen molar-refractivity contribution in [1.82, 2.24) is 10.3 Å². The lowest BCUT2D eigenvalue weighted by molar-refractivity contribution is 0.0959. The average Bonchev–Trinajstić information content (AvgIpc) is 2.99.